The van der Waals surface area contributed by atoms with E-state index in [1.165, 1.54) is 6.21 Å². The fourth-order valence-corrected chi connectivity index (χ4v) is 1.15. The van der Waals surface area contributed by atoms with Crippen molar-refractivity contribution in [2.24, 2.45) is 5.16 Å². The van der Waals surface area contributed by atoms with Crippen LogP contribution < -0.4 is 0 Å². The maximum atomic E-state index is 8.29. The molecule has 2 rings (SSSR count). The first-order valence-corrected chi connectivity index (χ1v) is 4.10. The molecular formula is C10H8N2O2. The quantitative estimate of drug-likeness (QED) is 0.446. The number of hydrogen-bond acceptors (Lipinski definition) is 4. The van der Waals surface area contributed by atoms with Crippen LogP contribution in [0.5, 0.6) is 0 Å². The van der Waals surface area contributed by atoms with Crippen LogP contribution in [0.25, 0.3) is 11.3 Å². The van der Waals surface area contributed by atoms with E-state index in [0.717, 1.165) is 5.56 Å². The van der Waals surface area contributed by atoms with Gasteiger partial charge in [0.25, 0.3) is 0 Å². The van der Waals surface area contributed by atoms with Crippen LogP contribution >= 0.6 is 0 Å². The first kappa shape index (κ1) is 8.50. The summed E-state index contributed by atoms with van der Waals surface area (Å²) in [6, 6.07) is 11.3. The molecule has 70 valence electrons. The van der Waals surface area contributed by atoms with E-state index in [4.69, 9.17) is 9.73 Å². The van der Waals surface area contributed by atoms with Crippen LogP contribution in [-0.2, 0) is 0 Å². The van der Waals surface area contributed by atoms with E-state index < -0.39 is 0 Å². The topological polar surface area (TPSA) is 58.6 Å². The minimum Gasteiger partial charge on any atom is -0.411 e. The van der Waals surface area contributed by atoms with Gasteiger partial charge in [-0.3, -0.25) is 0 Å². The molecule has 1 aromatic carbocycles. The SMILES string of the molecule is ON=Cc1cc(-c2ccccc2)on1. The largest absolute Gasteiger partial charge is 0.411 e. The Bertz CT molecular complexity index is 434. The van der Waals surface area contributed by atoms with Gasteiger partial charge in [0, 0.05) is 11.6 Å². The van der Waals surface area contributed by atoms with E-state index in [2.05, 4.69) is 10.3 Å². The Labute approximate surface area is 80.5 Å². The lowest BCUT2D eigenvalue weighted by molar-refractivity contribution is 0.321. The lowest BCUT2D eigenvalue weighted by Crippen LogP contribution is -1.76. The molecule has 0 saturated carbocycles. The summed E-state index contributed by atoms with van der Waals surface area (Å²) in [5.41, 5.74) is 1.43. The summed E-state index contributed by atoms with van der Waals surface area (Å²) >= 11 is 0. The zero-order chi connectivity index (χ0) is 9.80. The van der Waals surface area contributed by atoms with Crippen molar-refractivity contribution in [2.75, 3.05) is 0 Å². The van der Waals surface area contributed by atoms with Gasteiger partial charge >= 0.3 is 0 Å². The van der Waals surface area contributed by atoms with Gasteiger partial charge in [-0.25, -0.2) is 0 Å². The van der Waals surface area contributed by atoms with Crippen molar-refractivity contribution in [1.29, 1.82) is 0 Å². The lowest BCUT2D eigenvalue weighted by atomic mass is 10.2. The lowest BCUT2D eigenvalue weighted by Gasteiger charge is -1.91. The summed E-state index contributed by atoms with van der Waals surface area (Å²) in [5, 5.41) is 14.9. The minimum atomic E-state index is 0.492. The molecule has 4 heteroatoms. The molecule has 1 N–H and O–H groups in total. The number of hydrogen-bond donors (Lipinski definition) is 1. The highest BCUT2D eigenvalue weighted by Crippen LogP contribution is 2.18. The molecule has 0 saturated heterocycles. The monoisotopic (exact) mass is 188 g/mol. The highest BCUT2D eigenvalue weighted by molar-refractivity contribution is 5.78. The van der Waals surface area contributed by atoms with Crippen LogP contribution in [0.4, 0.5) is 0 Å². The first-order valence-electron chi connectivity index (χ1n) is 4.10. The average Bonchev–Trinajstić information content (AvgIpc) is 2.68. The van der Waals surface area contributed by atoms with Crippen molar-refractivity contribution in [1.82, 2.24) is 5.16 Å². The number of benzene rings is 1. The van der Waals surface area contributed by atoms with Crippen LogP contribution in [0.15, 0.2) is 46.1 Å². The fourth-order valence-electron chi connectivity index (χ4n) is 1.15. The summed E-state index contributed by atoms with van der Waals surface area (Å²) in [6.45, 7) is 0. The van der Waals surface area contributed by atoms with Gasteiger partial charge in [0.1, 0.15) is 5.69 Å². The highest BCUT2D eigenvalue weighted by atomic mass is 16.5. The van der Waals surface area contributed by atoms with Gasteiger partial charge in [-0.05, 0) is 0 Å². The van der Waals surface area contributed by atoms with Crippen LogP contribution in [-0.4, -0.2) is 16.6 Å². The predicted molar refractivity (Wildman–Crippen MR) is 51.3 cm³/mol. The molecule has 1 heterocycles. The molecule has 4 nitrogen and oxygen atoms in total. The van der Waals surface area contributed by atoms with Crippen molar-refractivity contribution >= 4 is 6.21 Å². The third kappa shape index (κ3) is 1.64. The second-order valence-electron chi connectivity index (χ2n) is 2.73. The average molecular weight is 188 g/mol. The standard InChI is InChI=1S/C10H8N2O2/c13-11-7-9-6-10(14-12-9)8-4-2-1-3-5-8/h1-7,13H. The molecule has 0 aliphatic carbocycles. The number of rotatable bonds is 2. The zero-order valence-electron chi connectivity index (χ0n) is 7.29. The molecule has 0 atom stereocenters. The van der Waals surface area contributed by atoms with Gasteiger partial charge in [0.05, 0.1) is 6.21 Å². The Kier molecular flexibility index (Phi) is 2.27. The molecule has 1 aromatic heterocycles. The third-order valence-electron chi connectivity index (χ3n) is 1.78. The molecule has 0 radical (unpaired) electrons. The summed E-state index contributed by atoms with van der Waals surface area (Å²) in [4.78, 5) is 0. The van der Waals surface area contributed by atoms with Gasteiger partial charge in [-0.1, -0.05) is 40.6 Å². The van der Waals surface area contributed by atoms with E-state index in [-0.39, 0.29) is 0 Å². The highest BCUT2D eigenvalue weighted by Gasteiger charge is 2.03. The van der Waals surface area contributed by atoms with E-state index in [1.807, 2.05) is 30.3 Å². The molecular weight excluding hydrogens is 180 g/mol. The van der Waals surface area contributed by atoms with E-state index >= 15 is 0 Å². The van der Waals surface area contributed by atoms with E-state index in [9.17, 15) is 0 Å². The van der Waals surface area contributed by atoms with Crippen molar-refractivity contribution in [2.45, 2.75) is 0 Å². The molecule has 0 aliphatic rings. The molecule has 14 heavy (non-hydrogen) atoms. The van der Waals surface area contributed by atoms with Gasteiger partial charge in [-0.15, -0.1) is 0 Å². The maximum Gasteiger partial charge on any atom is 0.167 e. The van der Waals surface area contributed by atoms with Gasteiger partial charge in [0.15, 0.2) is 5.76 Å². The maximum absolute atomic E-state index is 8.29. The Balaban J connectivity index is 2.34. The second kappa shape index (κ2) is 3.74. The summed E-state index contributed by atoms with van der Waals surface area (Å²) in [6.07, 6.45) is 1.22. The zero-order valence-corrected chi connectivity index (χ0v) is 7.29. The van der Waals surface area contributed by atoms with Crippen molar-refractivity contribution in [3.63, 3.8) is 0 Å². The van der Waals surface area contributed by atoms with Gasteiger partial charge in [-0.2, -0.15) is 0 Å². The third-order valence-corrected chi connectivity index (χ3v) is 1.78. The van der Waals surface area contributed by atoms with E-state index in [0.29, 0.717) is 11.5 Å². The van der Waals surface area contributed by atoms with Crippen LogP contribution in [0.1, 0.15) is 5.69 Å². The van der Waals surface area contributed by atoms with Crippen LogP contribution in [0.2, 0.25) is 0 Å². The number of aromatic nitrogens is 1. The van der Waals surface area contributed by atoms with Crippen molar-refractivity contribution < 1.29 is 9.73 Å². The molecule has 0 aliphatic heterocycles. The molecule has 0 fully saturated rings. The summed E-state index contributed by atoms with van der Waals surface area (Å²) < 4.78 is 5.05. The Morgan fingerprint density at radius 3 is 2.79 bits per heavy atom. The molecule has 0 spiro atoms. The van der Waals surface area contributed by atoms with Gasteiger partial charge < -0.3 is 9.73 Å². The van der Waals surface area contributed by atoms with Crippen LogP contribution in [0, 0.1) is 0 Å². The summed E-state index contributed by atoms with van der Waals surface area (Å²) in [7, 11) is 0. The Hall–Kier alpha value is -2.10. The minimum absolute atomic E-state index is 0.492. The molecule has 0 amide bonds. The predicted octanol–water partition coefficient (Wildman–Crippen LogP) is 2.15. The van der Waals surface area contributed by atoms with Crippen molar-refractivity contribution in [3.8, 4) is 11.3 Å². The second-order valence-corrected chi connectivity index (χ2v) is 2.73. The molecule has 0 bridgehead atoms. The van der Waals surface area contributed by atoms with E-state index in [1.54, 1.807) is 6.07 Å². The molecule has 0 unspecified atom stereocenters. The number of nitrogens with zero attached hydrogens (tertiary/aromatic N) is 2. The molecule has 2 aromatic rings. The smallest absolute Gasteiger partial charge is 0.167 e. The van der Waals surface area contributed by atoms with Crippen LogP contribution in [0.3, 0.4) is 0 Å². The fraction of sp³-hybridized carbons (Fsp3) is 0. The van der Waals surface area contributed by atoms with Crippen molar-refractivity contribution in [3.05, 3.63) is 42.1 Å². The first-order chi connectivity index (χ1) is 6.90. The summed E-state index contributed by atoms with van der Waals surface area (Å²) in [5.74, 6) is 0.653. The normalized spacial score (nSPS) is 10.9. The number of oxime groups is 1. The Morgan fingerprint density at radius 1 is 1.29 bits per heavy atom. The Morgan fingerprint density at radius 2 is 2.07 bits per heavy atom. The van der Waals surface area contributed by atoms with Gasteiger partial charge in [0.2, 0.25) is 0 Å².